The van der Waals surface area contributed by atoms with Gasteiger partial charge in [0.2, 0.25) is 0 Å². The minimum atomic E-state index is -0.337. The molecule has 0 aliphatic heterocycles. The van der Waals surface area contributed by atoms with E-state index in [1.165, 1.54) is 28.2 Å². The summed E-state index contributed by atoms with van der Waals surface area (Å²) < 4.78 is 6.39. The number of aliphatic hydroxyl groups is 1. The van der Waals surface area contributed by atoms with Crippen molar-refractivity contribution in [3.8, 4) is 33.7 Å². The minimum absolute atomic E-state index is 0. The van der Waals surface area contributed by atoms with Crippen molar-refractivity contribution >= 4 is 27.5 Å². The summed E-state index contributed by atoms with van der Waals surface area (Å²) in [6.07, 6.45) is 10.2. The van der Waals surface area contributed by atoms with E-state index in [-0.39, 0.29) is 42.5 Å². The van der Waals surface area contributed by atoms with Gasteiger partial charge in [-0.1, -0.05) is 107 Å². The van der Waals surface area contributed by atoms with Gasteiger partial charge in [0.1, 0.15) is 17.1 Å². The quantitative estimate of drug-likeness (QED) is 0.0890. The van der Waals surface area contributed by atoms with Crippen LogP contribution in [0.15, 0.2) is 108 Å². The zero-order valence-electron chi connectivity index (χ0n) is 30.5. The van der Waals surface area contributed by atoms with Crippen LogP contribution in [0.3, 0.4) is 0 Å². The molecule has 3 heterocycles. The van der Waals surface area contributed by atoms with Gasteiger partial charge in [-0.05, 0) is 62.3 Å². The number of furan rings is 1. The van der Waals surface area contributed by atoms with Crippen molar-refractivity contribution in [3.05, 3.63) is 120 Å². The van der Waals surface area contributed by atoms with Gasteiger partial charge in [0, 0.05) is 71.6 Å². The molecule has 0 saturated carbocycles. The van der Waals surface area contributed by atoms with Gasteiger partial charge in [0.05, 0.1) is 5.69 Å². The number of aliphatic hydroxyl groups excluding tert-OH is 1. The van der Waals surface area contributed by atoms with E-state index in [9.17, 15) is 9.90 Å². The first-order valence-corrected chi connectivity index (χ1v) is 18.0. The molecule has 0 fully saturated rings. The van der Waals surface area contributed by atoms with Crippen molar-refractivity contribution in [2.45, 2.75) is 80.1 Å². The number of carbonyl (C=O) groups is 1. The number of hydrogen-bond donors (Lipinski definition) is 1. The maximum Gasteiger partial charge on any atom is 0.164 e. The maximum atomic E-state index is 12.2. The van der Waals surface area contributed by atoms with Crippen LogP contribution in [-0.4, -0.2) is 20.9 Å². The average molecular weight is 856 g/mol. The zero-order chi connectivity index (χ0) is 35.5. The normalized spacial score (nSPS) is 12.8. The van der Waals surface area contributed by atoms with E-state index in [4.69, 9.17) is 9.40 Å². The number of allylic oxidation sites excluding steroid dienone is 2. The van der Waals surface area contributed by atoms with Gasteiger partial charge in [-0.3, -0.25) is 14.8 Å². The molecule has 3 aromatic heterocycles. The number of rotatable bonds is 9. The Labute approximate surface area is 315 Å². The smallest absolute Gasteiger partial charge is 0.164 e. The third-order valence-electron chi connectivity index (χ3n) is 11.2. The molecule has 1 aliphatic carbocycles. The molecule has 1 aliphatic rings. The van der Waals surface area contributed by atoms with Crippen molar-refractivity contribution < 1.29 is 34.4 Å². The molecule has 0 atom stereocenters. The van der Waals surface area contributed by atoms with Crippen molar-refractivity contribution in [1.29, 1.82) is 0 Å². The summed E-state index contributed by atoms with van der Waals surface area (Å²) in [5, 5.41) is 13.5. The van der Waals surface area contributed by atoms with Gasteiger partial charge >= 0.3 is 0 Å². The summed E-state index contributed by atoms with van der Waals surface area (Å²) in [6.45, 7) is 12.1. The fourth-order valence-corrected chi connectivity index (χ4v) is 6.75. The molecule has 0 saturated heterocycles. The molecule has 51 heavy (non-hydrogen) atoms. The SMILES string of the molecule is CCC(C)(CC)C(=O)/C=C(\O)C(C)(CC)CC.[Ir].[c-]1c(-c2nccc3oc4c(c23)CCc2ncccc2-4)cc(-c2ccccc2)c2ccccc12. The standard InChI is InChI=1S/C30H19N2O.C15H28O2.Ir/c1-2-7-19(8-3-1)25-18-21(17-20-9-4-5-10-22(20)25)29-28-24-12-13-26-23(11-6-15-31-26)30(24)33-27(28)14-16-32-29;1-7-14(5,8-2)12(16)11-13(17)15(6,9-3)10-4;/h1-11,14-16,18H,12-13H2;11,16H,7-10H2,1-6H3;/q-1;;/b;12-11-;. The number of aryl methyl sites for hydroxylation is 2. The van der Waals surface area contributed by atoms with Gasteiger partial charge < -0.3 is 9.52 Å². The van der Waals surface area contributed by atoms with Crippen LogP contribution >= 0.6 is 0 Å². The van der Waals surface area contributed by atoms with Crippen LogP contribution in [0.25, 0.3) is 55.4 Å². The Morgan fingerprint density at radius 2 is 1.51 bits per heavy atom. The predicted octanol–water partition coefficient (Wildman–Crippen LogP) is 11.9. The number of pyridine rings is 2. The summed E-state index contributed by atoms with van der Waals surface area (Å²) in [4.78, 5) is 21.6. The van der Waals surface area contributed by atoms with Crippen LogP contribution in [0.5, 0.6) is 0 Å². The molecule has 7 rings (SSSR count). The fourth-order valence-electron chi connectivity index (χ4n) is 6.75. The average Bonchev–Trinajstić information content (AvgIpc) is 3.57. The molecule has 3 aromatic carbocycles. The summed E-state index contributed by atoms with van der Waals surface area (Å²) in [7, 11) is 0. The van der Waals surface area contributed by atoms with Crippen LogP contribution in [0.2, 0.25) is 0 Å². The topological polar surface area (TPSA) is 76.2 Å². The van der Waals surface area contributed by atoms with Crippen LogP contribution in [-0.2, 0) is 37.7 Å². The fraction of sp³-hybridized carbons (Fsp3) is 0.311. The number of benzene rings is 3. The summed E-state index contributed by atoms with van der Waals surface area (Å²) in [6, 6.07) is 30.9. The first-order chi connectivity index (χ1) is 24.2. The number of hydrogen-bond acceptors (Lipinski definition) is 5. The number of fused-ring (bicyclic) bond motifs is 6. The monoisotopic (exact) mass is 856 g/mol. The first-order valence-electron chi connectivity index (χ1n) is 18.0. The molecule has 6 heteroatoms. The summed E-state index contributed by atoms with van der Waals surface area (Å²) >= 11 is 0. The minimum Gasteiger partial charge on any atom is -0.512 e. The van der Waals surface area contributed by atoms with Gasteiger partial charge in [-0.2, -0.15) is 0 Å². The van der Waals surface area contributed by atoms with Crippen molar-refractivity contribution in [2.75, 3.05) is 0 Å². The number of nitrogens with zero attached hydrogens (tertiary/aromatic N) is 2. The maximum absolute atomic E-state index is 12.2. The Balaban J connectivity index is 0.000000242. The van der Waals surface area contributed by atoms with Crippen LogP contribution in [0.1, 0.15) is 78.5 Å². The molecule has 0 spiro atoms. The molecule has 0 bridgehead atoms. The second-order valence-electron chi connectivity index (χ2n) is 13.9. The molecular formula is C45H47IrN2O3-. The number of aromatic nitrogens is 2. The molecule has 6 aromatic rings. The van der Waals surface area contributed by atoms with E-state index in [2.05, 4.69) is 77.8 Å². The zero-order valence-corrected chi connectivity index (χ0v) is 32.9. The second-order valence-corrected chi connectivity index (χ2v) is 13.9. The summed E-state index contributed by atoms with van der Waals surface area (Å²) in [5.41, 5.74) is 7.95. The molecule has 1 N–H and O–H groups in total. The Morgan fingerprint density at radius 1 is 0.824 bits per heavy atom. The van der Waals surface area contributed by atoms with Gasteiger partial charge in [-0.25, -0.2) is 0 Å². The first kappa shape index (κ1) is 37.9. The van der Waals surface area contributed by atoms with E-state index in [0.29, 0.717) is 0 Å². The van der Waals surface area contributed by atoms with Crippen molar-refractivity contribution in [2.24, 2.45) is 10.8 Å². The summed E-state index contributed by atoms with van der Waals surface area (Å²) in [5.74, 6) is 1.21. The predicted molar refractivity (Wildman–Crippen MR) is 205 cm³/mol. The van der Waals surface area contributed by atoms with E-state index in [1.54, 1.807) is 0 Å². The van der Waals surface area contributed by atoms with Crippen LogP contribution in [0, 0.1) is 16.9 Å². The van der Waals surface area contributed by atoms with Crippen molar-refractivity contribution in [3.63, 3.8) is 0 Å². The van der Waals surface area contributed by atoms with E-state index >= 15 is 0 Å². The Hall–Kier alpha value is -4.38. The van der Waals surface area contributed by atoms with Crippen molar-refractivity contribution in [1.82, 2.24) is 9.97 Å². The van der Waals surface area contributed by atoms with Gasteiger partial charge in [-0.15, -0.1) is 23.6 Å². The van der Waals surface area contributed by atoms with Crippen LogP contribution in [0.4, 0.5) is 0 Å². The van der Waals surface area contributed by atoms with E-state index in [0.717, 1.165) is 83.2 Å². The third-order valence-corrected chi connectivity index (χ3v) is 11.2. The largest absolute Gasteiger partial charge is 0.512 e. The third kappa shape index (κ3) is 7.36. The number of carbonyl (C=O) groups excluding carboxylic acids is 1. The number of ketones is 1. The molecule has 5 nitrogen and oxygen atoms in total. The Bertz CT molecular complexity index is 2180. The van der Waals surface area contributed by atoms with E-state index in [1.807, 2.05) is 66.1 Å². The Morgan fingerprint density at radius 3 is 2.22 bits per heavy atom. The second kappa shape index (κ2) is 15.9. The molecule has 0 amide bonds. The molecule has 265 valence electrons. The molecule has 0 unspecified atom stereocenters. The van der Waals surface area contributed by atoms with E-state index < -0.39 is 0 Å². The van der Waals surface area contributed by atoms with Gasteiger partial charge in [0.25, 0.3) is 0 Å². The van der Waals surface area contributed by atoms with Gasteiger partial charge in [0.15, 0.2) is 5.78 Å². The molecule has 1 radical (unpaired) electrons. The Kier molecular flexibility index (Phi) is 11.8. The van der Waals surface area contributed by atoms with Crippen LogP contribution < -0.4 is 0 Å². The molecular weight excluding hydrogens is 809 g/mol.